The van der Waals surface area contributed by atoms with E-state index in [0.717, 1.165) is 36.0 Å². The van der Waals surface area contributed by atoms with Gasteiger partial charge in [-0.15, -0.1) is 0 Å². The minimum atomic E-state index is -0.281. The van der Waals surface area contributed by atoms with Crippen LogP contribution in [0.25, 0.3) is 0 Å². The lowest BCUT2D eigenvalue weighted by molar-refractivity contribution is -0.485. The van der Waals surface area contributed by atoms with Gasteiger partial charge in [-0.25, -0.2) is 4.58 Å². The first-order valence-corrected chi connectivity index (χ1v) is 11.4. The number of anilines is 1. The van der Waals surface area contributed by atoms with Crippen LogP contribution in [0.15, 0.2) is 30.0 Å². The molecule has 2 aliphatic heterocycles. The van der Waals surface area contributed by atoms with Crippen LogP contribution in [0.1, 0.15) is 51.5 Å². The Morgan fingerprint density at radius 1 is 1.36 bits per heavy atom. The third-order valence-corrected chi connectivity index (χ3v) is 7.75. The van der Waals surface area contributed by atoms with E-state index in [2.05, 4.69) is 36.4 Å². The molecule has 0 spiro atoms. The molecule has 6 heteroatoms. The molecule has 0 N–H and O–H groups in total. The summed E-state index contributed by atoms with van der Waals surface area (Å²) < 4.78 is 2.31. The summed E-state index contributed by atoms with van der Waals surface area (Å²) in [7, 11) is 2.15. The van der Waals surface area contributed by atoms with Crippen LogP contribution < -0.4 is 4.90 Å². The van der Waals surface area contributed by atoms with Crippen LogP contribution in [-0.2, 0) is 5.41 Å². The summed E-state index contributed by atoms with van der Waals surface area (Å²) in [5.74, 6) is 1.94. The summed E-state index contributed by atoms with van der Waals surface area (Å²) >= 11 is 1.90. The van der Waals surface area contributed by atoms with Gasteiger partial charge < -0.3 is 4.90 Å². The van der Waals surface area contributed by atoms with E-state index in [1.165, 1.54) is 42.8 Å². The van der Waals surface area contributed by atoms with Crippen LogP contribution in [0.2, 0.25) is 0 Å². The summed E-state index contributed by atoms with van der Waals surface area (Å²) in [4.78, 5) is 13.5. The van der Waals surface area contributed by atoms with E-state index in [1.807, 2.05) is 17.8 Å². The number of hydrogen-bond donors (Lipinski definition) is 0. The van der Waals surface area contributed by atoms with Crippen LogP contribution in [-0.4, -0.2) is 40.4 Å². The number of hydrogen-bond acceptors (Lipinski definition) is 4. The lowest BCUT2D eigenvalue weighted by Gasteiger charge is -2.27. The number of fused-ring (bicyclic) bond motifs is 1. The molecule has 0 saturated heterocycles. The summed E-state index contributed by atoms with van der Waals surface area (Å²) in [6.45, 7) is 6.48. The highest BCUT2D eigenvalue weighted by molar-refractivity contribution is 8.14. The quantitative estimate of drug-likeness (QED) is 0.399. The average Bonchev–Trinajstić information content (AvgIpc) is 3.36. The predicted octanol–water partition coefficient (Wildman–Crippen LogP) is 4.94. The van der Waals surface area contributed by atoms with Gasteiger partial charge in [-0.3, -0.25) is 10.1 Å². The second kappa shape index (κ2) is 7.54. The Kier molecular flexibility index (Phi) is 5.25. The zero-order valence-corrected chi connectivity index (χ0v) is 17.9. The zero-order valence-electron chi connectivity index (χ0n) is 17.1. The van der Waals surface area contributed by atoms with Gasteiger partial charge in [0.05, 0.1) is 10.7 Å². The molecule has 28 heavy (non-hydrogen) atoms. The molecule has 0 bridgehead atoms. The number of benzene rings is 1. The highest BCUT2D eigenvalue weighted by atomic mass is 32.2. The Balaban J connectivity index is 1.74. The summed E-state index contributed by atoms with van der Waals surface area (Å²) in [6.07, 6.45) is 8.95. The van der Waals surface area contributed by atoms with Crippen molar-refractivity contribution in [3.63, 3.8) is 0 Å². The molecule has 0 aromatic heterocycles. The van der Waals surface area contributed by atoms with E-state index in [4.69, 9.17) is 0 Å². The number of non-ortho nitro benzene ring substituents is 1. The Morgan fingerprint density at radius 2 is 2.11 bits per heavy atom. The minimum Gasteiger partial charge on any atom is -0.344 e. The van der Waals surface area contributed by atoms with E-state index < -0.39 is 0 Å². The van der Waals surface area contributed by atoms with Crippen molar-refractivity contribution in [1.29, 1.82) is 0 Å². The number of allylic oxidation sites excluding steroid dienone is 1. The van der Waals surface area contributed by atoms with Crippen molar-refractivity contribution in [3.8, 4) is 0 Å². The molecule has 0 atom stereocenters. The predicted molar refractivity (Wildman–Crippen MR) is 117 cm³/mol. The fourth-order valence-electron chi connectivity index (χ4n) is 4.87. The first-order valence-electron chi connectivity index (χ1n) is 10.4. The first-order chi connectivity index (χ1) is 13.4. The van der Waals surface area contributed by atoms with Gasteiger partial charge >= 0.3 is 0 Å². The second-order valence-corrected chi connectivity index (χ2v) is 9.93. The zero-order chi connectivity index (χ0) is 19.9. The Morgan fingerprint density at radius 3 is 2.75 bits per heavy atom. The minimum absolute atomic E-state index is 0.184. The molecule has 2 heterocycles. The van der Waals surface area contributed by atoms with Gasteiger partial charge in [0.15, 0.2) is 6.54 Å². The Bertz CT molecular complexity index is 853. The maximum absolute atomic E-state index is 11.4. The van der Waals surface area contributed by atoms with Gasteiger partial charge in [-0.2, -0.15) is 0 Å². The van der Waals surface area contributed by atoms with Gasteiger partial charge in [0.25, 0.3) is 5.69 Å². The van der Waals surface area contributed by atoms with Crippen LogP contribution in [0.3, 0.4) is 0 Å². The number of nitro benzene ring substituents is 1. The van der Waals surface area contributed by atoms with Crippen molar-refractivity contribution >= 4 is 28.2 Å². The smallest absolute Gasteiger partial charge is 0.269 e. The second-order valence-electron chi connectivity index (χ2n) is 8.81. The molecule has 1 fully saturated rings. The van der Waals surface area contributed by atoms with Gasteiger partial charge in [0.2, 0.25) is 5.04 Å². The maximum atomic E-state index is 11.4. The molecule has 1 aliphatic carbocycles. The SMILES string of the molecule is C[N+]1=C(/C=C2/N(CCC3CCCC3)c3ccc([N+](=O)[O-])cc3C2(C)C)SCC1. The molecule has 150 valence electrons. The molecule has 5 nitrogen and oxygen atoms in total. The summed E-state index contributed by atoms with van der Waals surface area (Å²) in [6, 6.07) is 5.40. The number of thioether (sulfide) groups is 1. The standard InChI is InChI=1S/C22H30N3O2S/c1-22(2)18-14-17(25(26)27)8-9-19(18)24(11-10-16-6-4-5-7-16)20(22)15-21-23(3)12-13-28-21/h8-9,14-16H,4-7,10-13H2,1-3H3/q+1. The van der Waals surface area contributed by atoms with Crippen LogP contribution in [0.5, 0.6) is 0 Å². The molecule has 4 rings (SSSR count). The van der Waals surface area contributed by atoms with E-state index in [1.54, 1.807) is 12.1 Å². The van der Waals surface area contributed by atoms with Gasteiger partial charge in [0.1, 0.15) is 7.05 Å². The third kappa shape index (κ3) is 3.47. The van der Waals surface area contributed by atoms with Crippen molar-refractivity contribution in [2.75, 3.05) is 30.8 Å². The highest BCUT2D eigenvalue weighted by Crippen LogP contribution is 2.49. The van der Waals surface area contributed by atoms with E-state index in [-0.39, 0.29) is 16.0 Å². The van der Waals surface area contributed by atoms with Crippen LogP contribution in [0.4, 0.5) is 11.4 Å². The summed E-state index contributed by atoms with van der Waals surface area (Å²) in [5.41, 5.74) is 3.44. The van der Waals surface area contributed by atoms with E-state index in [0.29, 0.717) is 0 Å². The maximum Gasteiger partial charge on any atom is 0.269 e. The number of nitrogens with zero attached hydrogens (tertiary/aromatic N) is 3. The fourth-order valence-corrected chi connectivity index (χ4v) is 5.95. The molecule has 1 aromatic carbocycles. The largest absolute Gasteiger partial charge is 0.344 e. The van der Waals surface area contributed by atoms with E-state index >= 15 is 0 Å². The van der Waals surface area contributed by atoms with Crippen molar-refractivity contribution < 1.29 is 9.50 Å². The topological polar surface area (TPSA) is 49.4 Å². The summed E-state index contributed by atoms with van der Waals surface area (Å²) in [5, 5.41) is 12.7. The van der Waals surface area contributed by atoms with Crippen molar-refractivity contribution in [1.82, 2.24) is 0 Å². The number of nitro groups is 1. The molecule has 0 radical (unpaired) electrons. The first kappa shape index (κ1) is 19.5. The van der Waals surface area contributed by atoms with Crippen LogP contribution in [0, 0.1) is 16.0 Å². The van der Waals surface area contributed by atoms with Crippen molar-refractivity contribution in [2.24, 2.45) is 5.92 Å². The lowest BCUT2D eigenvalue weighted by Crippen LogP contribution is -2.29. The van der Waals surface area contributed by atoms with E-state index in [9.17, 15) is 10.1 Å². The lowest BCUT2D eigenvalue weighted by atomic mass is 9.83. The molecule has 0 amide bonds. The average molecular weight is 401 g/mol. The number of rotatable bonds is 5. The van der Waals surface area contributed by atoms with Gasteiger partial charge in [-0.1, -0.05) is 51.3 Å². The molecular formula is C22H30N3O2S+. The molecule has 3 aliphatic rings. The normalized spacial score (nSPS) is 23.1. The Labute approximate surface area is 171 Å². The monoisotopic (exact) mass is 400 g/mol. The van der Waals surface area contributed by atoms with Crippen molar-refractivity contribution in [3.05, 3.63) is 45.6 Å². The Hall–Kier alpha value is -1.82. The molecule has 1 aromatic rings. The van der Waals surface area contributed by atoms with Crippen LogP contribution >= 0.6 is 11.8 Å². The van der Waals surface area contributed by atoms with Gasteiger partial charge in [-0.05, 0) is 24.0 Å². The third-order valence-electron chi connectivity index (χ3n) is 6.64. The molecule has 1 saturated carbocycles. The fraction of sp³-hybridized carbons (Fsp3) is 0.591. The van der Waals surface area contributed by atoms with Gasteiger partial charge in [0, 0.05) is 41.6 Å². The molecule has 0 unspecified atom stereocenters. The highest BCUT2D eigenvalue weighted by Gasteiger charge is 2.42. The van der Waals surface area contributed by atoms with Crippen molar-refractivity contribution in [2.45, 2.75) is 51.4 Å². The molecular weight excluding hydrogens is 370 g/mol.